The lowest BCUT2D eigenvalue weighted by molar-refractivity contribution is 0.0871. The molecule has 5 nitrogen and oxygen atoms in total. The number of benzene rings is 1. The Balaban J connectivity index is 1.83. The van der Waals surface area contributed by atoms with E-state index >= 15 is 0 Å². The number of nitrogens with zero attached hydrogens (tertiary/aromatic N) is 3. The van der Waals surface area contributed by atoms with Gasteiger partial charge in [0, 0.05) is 18.0 Å². The molecule has 4 rings (SSSR count). The topological polar surface area (TPSA) is 51.4 Å². The predicted molar refractivity (Wildman–Crippen MR) is 83.8 cm³/mol. The van der Waals surface area contributed by atoms with Gasteiger partial charge in [0.05, 0.1) is 18.7 Å². The Bertz CT molecular complexity index is 897. The Hall–Kier alpha value is -2.54. The third-order valence-electron chi connectivity index (χ3n) is 4.15. The van der Waals surface area contributed by atoms with Crippen LogP contribution in [-0.2, 0) is 4.74 Å². The first-order chi connectivity index (χ1) is 11.6. The van der Waals surface area contributed by atoms with E-state index in [4.69, 9.17) is 9.15 Å². The molecule has 0 amide bonds. The highest BCUT2D eigenvalue weighted by Gasteiger charge is 2.29. The van der Waals surface area contributed by atoms with E-state index in [9.17, 15) is 8.78 Å². The lowest BCUT2D eigenvalue weighted by atomic mass is 10.1. The first-order valence-corrected chi connectivity index (χ1v) is 7.64. The fourth-order valence-electron chi connectivity index (χ4n) is 2.99. The van der Waals surface area contributed by atoms with Crippen molar-refractivity contribution >= 4 is 16.7 Å². The van der Waals surface area contributed by atoms with Crippen LogP contribution < -0.4 is 4.90 Å². The average Bonchev–Trinajstić information content (AvgIpc) is 3.02. The third kappa shape index (κ3) is 2.50. The third-order valence-corrected chi connectivity index (χ3v) is 4.15. The van der Waals surface area contributed by atoms with Gasteiger partial charge in [0.1, 0.15) is 29.7 Å². The molecule has 24 heavy (non-hydrogen) atoms. The summed E-state index contributed by atoms with van der Waals surface area (Å²) in [7, 11) is 0. The quantitative estimate of drug-likeness (QED) is 0.720. The van der Waals surface area contributed by atoms with E-state index in [0.717, 1.165) is 23.7 Å². The maximum absolute atomic E-state index is 13.7. The second-order valence-corrected chi connectivity index (χ2v) is 5.71. The van der Waals surface area contributed by atoms with Crippen LogP contribution in [0, 0.1) is 18.6 Å². The Morgan fingerprint density at radius 2 is 2.00 bits per heavy atom. The number of furan rings is 1. The first kappa shape index (κ1) is 15.0. The van der Waals surface area contributed by atoms with Crippen LogP contribution in [0.2, 0.25) is 0 Å². The highest BCUT2D eigenvalue weighted by molar-refractivity contribution is 5.89. The molecule has 2 aromatic heterocycles. The summed E-state index contributed by atoms with van der Waals surface area (Å²) in [6, 6.07) is 5.82. The second-order valence-electron chi connectivity index (χ2n) is 5.71. The highest BCUT2D eigenvalue weighted by atomic mass is 19.2. The smallest absolute Gasteiger partial charge is 0.161 e. The van der Waals surface area contributed by atoms with Crippen molar-refractivity contribution in [1.82, 2.24) is 9.97 Å². The number of hydrogen-bond donors (Lipinski definition) is 0. The first-order valence-electron chi connectivity index (χ1n) is 7.64. The van der Waals surface area contributed by atoms with Crippen LogP contribution in [0.25, 0.3) is 10.9 Å². The van der Waals surface area contributed by atoms with Crippen LogP contribution in [0.4, 0.5) is 14.6 Å². The Morgan fingerprint density at radius 1 is 1.17 bits per heavy atom. The van der Waals surface area contributed by atoms with Crippen molar-refractivity contribution in [3.63, 3.8) is 0 Å². The van der Waals surface area contributed by atoms with Crippen LogP contribution in [0.15, 0.2) is 35.0 Å². The van der Waals surface area contributed by atoms with Gasteiger partial charge >= 0.3 is 0 Å². The molecule has 1 aromatic carbocycles. The molecule has 3 heterocycles. The molecule has 1 fully saturated rings. The van der Waals surface area contributed by atoms with Gasteiger partial charge in [-0.3, -0.25) is 0 Å². The fraction of sp³-hybridized carbons (Fsp3) is 0.294. The van der Waals surface area contributed by atoms with Crippen molar-refractivity contribution in [2.45, 2.75) is 13.0 Å². The standard InChI is InChI=1S/C17H15F2N3O2/c1-10-2-3-16(24-10)15-8-23-5-4-22(15)17-11-6-12(18)13(19)7-14(11)20-9-21-17/h2-3,6-7,9,15H,4-5,8H2,1H3. The van der Waals surface area contributed by atoms with Crippen molar-refractivity contribution in [2.75, 3.05) is 24.7 Å². The van der Waals surface area contributed by atoms with E-state index in [1.54, 1.807) is 0 Å². The number of anilines is 1. The summed E-state index contributed by atoms with van der Waals surface area (Å²) in [6.45, 7) is 3.39. The Labute approximate surface area is 136 Å². The number of halogens is 2. The van der Waals surface area contributed by atoms with E-state index in [1.165, 1.54) is 6.33 Å². The van der Waals surface area contributed by atoms with Crippen molar-refractivity contribution in [2.24, 2.45) is 0 Å². The van der Waals surface area contributed by atoms with Crippen molar-refractivity contribution in [3.8, 4) is 0 Å². The molecule has 1 aliphatic rings. The molecule has 1 saturated heterocycles. The lowest BCUT2D eigenvalue weighted by Gasteiger charge is -2.35. The van der Waals surface area contributed by atoms with Crippen LogP contribution in [0.1, 0.15) is 17.6 Å². The maximum Gasteiger partial charge on any atom is 0.161 e. The van der Waals surface area contributed by atoms with Gasteiger partial charge in [-0.05, 0) is 25.1 Å². The van der Waals surface area contributed by atoms with Gasteiger partial charge < -0.3 is 14.1 Å². The summed E-state index contributed by atoms with van der Waals surface area (Å²) < 4.78 is 38.5. The van der Waals surface area contributed by atoms with Gasteiger partial charge in [0.25, 0.3) is 0 Å². The molecular weight excluding hydrogens is 316 g/mol. The predicted octanol–water partition coefficient (Wildman–Crippen LogP) is 3.39. The van der Waals surface area contributed by atoms with Crippen molar-refractivity contribution in [1.29, 1.82) is 0 Å². The molecule has 1 aliphatic heterocycles. The second kappa shape index (κ2) is 5.83. The zero-order valence-corrected chi connectivity index (χ0v) is 13.0. The van der Waals surface area contributed by atoms with Gasteiger partial charge in [-0.25, -0.2) is 18.7 Å². The summed E-state index contributed by atoms with van der Waals surface area (Å²) >= 11 is 0. The molecule has 7 heteroatoms. The van der Waals surface area contributed by atoms with E-state index in [0.29, 0.717) is 36.5 Å². The molecule has 1 unspecified atom stereocenters. The van der Waals surface area contributed by atoms with Gasteiger partial charge in [-0.15, -0.1) is 0 Å². The normalized spacial score (nSPS) is 18.3. The molecule has 0 bridgehead atoms. The summed E-state index contributed by atoms with van der Waals surface area (Å²) in [5.74, 6) is 0.253. The molecule has 0 N–H and O–H groups in total. The number of hydrogen-bond acceptors (Lipinski definition) is 5. The molecule has 3 aromatic rings. The SMILES string of the molecule is Cc1ccc(C2COCCN2c2ncnc3cc(F)c(F)cc23)o1. The van der Waals surface area contributed by atoms with E-state index in [1.807, 2.05) is 24.0 Å². The summed E-state index contributed by atoms with van der Waals surface area (Å²) in [4.78, 5) is 10.3. The van der Waals surface area contributed by atoms with Gasteiger partial charge in [0.2, 0.25) is 0 Å². The molecule has 124 valence electrons. The Morgan fingerprint density at radius 3 is 2.79 bits per heavy atom. The molecular formula is C17H15F2N3O2. The minimum Gasteiger partial charge on any atom is -0.464 e. The Kier molecular flexibility index (Phi) is 3.65. The molecule has 0 aliphatic carbocycles. The monoisotopic (exact) mass is 331 g/mol. The number of aryl methyl sites for hydroxylation is 1. The van der Waals surface area contributed by atoms with Crippen LogP contribution in [0.3, 0.4) is 0 Å². The zero-order chi connectivity index (χ0) is 16.7. The number of aromatic nitrogens is 2. The highest BCUT2D eigenvalue weighted by Crippen LogP contribution is 2.33. The van der Waals surface area contributed by atoms with Crippen LogP contribution in [-0.4, -0.2) is 29.7 Å². The lowest BCUT2D eigenvalue weighted by Crippen LogP contribution is -2.40. The molecule has 0 saturated carbocycles. The average molecular weight is 331 g/mol. The minimum atomic E-state index is -0.924. The molecule has 0 radical (unpaired) electrons. The molecule has 0 spiro atoms. The minimum absolute atomic E-state index is 0.182. The van der Waals surface area contributed by atoms with E-state index < -0.39 is 11.6 Å². The number of ether oxygens (including phenoxy) is 1. The van der Waals surface area contributed by atoms with Crippen molar-refractivity contribution < 1.29 is 17.9 Å². The zero-order valence-electron chi connectivity index (χ0n) is 13.0. The van der Waals surface area contributed by atoms with Crippen molar-refractivity contribution in [3.05, 3.63) is 53.7 Å². The van der Waals surface area contributed by atoms with Gasteiger partial charge in [0.15, 0.2) is 11.6 Å². The fourth-order valence-corrected chi connectivity index (χ4v) is 2.99. The summed E-state index contributed by atoms with van der Waals surface area (Å²) in [5, 5.41) is 0.464. The van der Waals surface area contributed by atoms with E-state index in [2.05, 4.69) is 9.97 Å². The molecule has 1 atom stereocenters. The van der Waals surface area contributed by atoms with Gasteiger partial charge in [-0.2, -0.15) is 0 Å². The van der Waals surface area contributed by atoms with Crippen LogP contribution >= 0.6 is 0 Å². The summed E-state index contributed by atoms with van der Waals surface area (Å²) in [6.07, 6.45) is 1.36. The van der Waals surface area contributed by atoms with Crippen LogP contribution in [0.5, 0.6) is 0 Å². The largest absolute Gasteiger partial charge is 0.464 e. The number of rotatable bonds is 2. The number of fused-ring (bicyclic) bond motifs is 1. The maximum atomic E-state index is 13.7. The van der Waals surface area contributed by atoms with Gasteiger partial charge in [-0.1, -0.05) is 0 Å². The van der Waals surface area contributed by atoms with E-state index in [-0.39, 0.29) is 6.04 Å². The number of morpholine rings is 1. The summed E-state index contributed by atoms with van der Waals surface area (Å²) in [5.41, 5.74) is 0.361.